The number of aryl methyl sites for hydroxylation is 1. The largest absolute Gasteiger partial charge is 0.397 e. The number of hydrogen-bond donors (Lipinski definition) is 1. The number of pyridine rings is 1. The first-order chi connectivity index (χ1) is 6.59. The van der Waals surface area contributed by atoms with Crippen molar-refractivity contribution in [2.24, 2.45) is 0 Å². The summed E-state index contributed by atoms with van der Waals surface area (Å²) in [5.41, 5.74) is 8.91. The minimum atomic E-state index is 0.806. The lowest BCUT2D eigenvalue weighted by molar-refractivity contribution is 1.34. The fraction of sp³-hybridized carbons (Fsp3) is 0.100. The molecule has 2 nitrogen and oxygen atoms in total. The predicted molar refractivity (Wildman–Crippen MR) is 71.3 cm³/mol. The third kappa shape index (κ3) is 1.61. The Morgan fingerprint density at radius 2 is 2.14 bits per heavy atom. The molecule has 0 atom stereocenters. The maximum atomic E-state index is 5.99. The first-order valence-electron chi connectivity index (χ1n) is 4.09. The Kier molecular flexibility index (Phi) is 2.66. The van der Waals surface area contributed by atoms with E-state index in [1.807, 2.05) is 19.1 Å². The lowest BCUT2D eigenvalue weighted by Gasteiger charge is -2.06. The van der Waals surface area contributed by atoms with Crippen LogP contribution < -0.4 is 5.73 Å². The summed E-state index contributed by atoms with van der Waals surface area (Å²) in [5.74, 6) is 0. The Labute approximate surface area is 104 Å². The van der Waals surface area contributed by atoms with E-state index in [-0.39, 0.29) is 0 Å². The van der Waals surface area contributed by atoms with Gasteiger partial charge in [-0.3, -0.25) is 4.98 Å². The van der Waals surface area contributed by atoms with Crippen LogP contribution in [0.1, 0.15) is 5.56 Å². The van der Waals surface area contributed by atoms with Crippen LogP contribution in [0, 0.1) is 10.5 Å². The lowest BCUT2D eigenvalue weighted by Crippen LogP contribution is -1.94. The highest BCUT2D eigenvalue weighted by Gasteiger charge is 2.06. The fourth-order valence-corrected chi connectivity index (χ4v) is 2.43. The van der Waals surface area contributed by atoms with E-state index < -0.39 is 0 Å². The number of rotatable bonds is 0. The number of fused-ring (bicyclic) bond motifs is 1. The molecule has 1 aromatic heterocycles. The van der Waals surface area contributed by atoms with Gasteiger partial charge in [-0.25, -0.2) is 0 Å². The van der Waals surface area contributed by atoms with Crippen LogP contribution in [-0.4, -0.2) is 4.98 Å². The van der Waals surface area contributed by atoms with E-state index in [0.29, 0.717) is 0 Å². The summed E-state index contributed by atoms with van der Waals surface area (Å²) in [6, 6.07) is 4.05. The van der Waals surface area contributed by atoms with Gasteiger partial charge in [-0.05, 0) is 47.2 Å². The molecule has 0 saturated carbocycles. The monoisotopic (exact) mass is 362 g/mol. The van der Waals surface area contributed by atoms with Gasteiger partial charge in [0, 0.05) is 16.1 Å². The minimum Gasteiger partial charge on any atom is -0.397 e. The zero-order valence-corrected chi connectivity index (χ0v) is 11.3. The summed E-state index contributed by atoms with van der Waals surface area (Å²) in [4.78, 5) is 4.37. The molecule has 72 valence electrons. The second kappa shape index (κ2) is 3.66. The van der Waals surface area contributed by atoms with Crippen molar-refractivity contribution in [1.29, 1.82) is 0 Å². The van der Waals surface area contributed by atoms with Gasteiger partial charge in [0.1, 0.15) is 0 Å². The van der Waals surface area contributed by atoms with Crippen molar-refractivity contribution >= 4 is 55.1 Å². The van der Waals surface area contributed by atoms with E-state index in [1.165, 1.54) is 0 Å². The van der Waals surface area contributed by atoms with Gasteiger partial charge in [0.05, 0.1) is 14.8 Å². The number of aromatic nitrogens is 1. The molecule has 0 aliphatic carbocycles. The van der Waals surface area contributed by atoms with E-state index in [9.17, 15) is 0 Å². The van der Waals surface area contributed by atoms with Crippen LogP contribution in [0.5, 0.6) is 0 Å². The van der Waals surface area contributed by atoms with E-state index in [4.69, 9.17) is 5.73 Å². The molecule has 2 rings (SSSR count). The fourth-order valence-electron chi connectivity index (χ4n) is 1.43. The van der Waals surface area contributed by atoms with Crippen molar-refractivity contribution in [1.82, 2.24) is 4.98 Å². The molecule has 0 fully saturated rings. The highest BCUT2D eigenvalue weighted by atomic mass is 127. The number of halogens is 2. The predicted octanol–water partition coefficient (Wildman–Crippen LogP) is 3.49. The number of nitrogens with two attached hydrogens (primary N) is 1. The van der Waals surface area contributed by atoms with Crippen molar-refractivity contribution in [3.63, 3.8) is 0 Å². The highest BCUT2D eigenvalue weighted by Crippen LogP contribution is 2.29. The number of benzene rings is 1. The molecule has 0 spiro atoms. The Hall–Kier alpha value is -0.360. The molecule has 0 amide bonds. The van der Waals surface area contributed by atoms with Crippen LogP contribution in [-0.2, 0) is 0 Å². The van der Waals surface area contributed by atoms with Gasteiger partial charge in [0.25, 0.3) is 0 Å². The molecule has 4 heteroatoms. The average Bonchev–Trinajstić information content (AvgIpc) is 2.12. The number of nitrogens with zero attached hydrogens (tertiary/aromatic N) is 1. The topological polar surface area (TPSA) is 38.9 Å². The van der Waals surface area contributed by atoms with Gasteiger partial charge in [-0.2, -0.15) is 0 Å². The Balaban J connectivity index is 2.95. The van der Waals surface area contributed by atoms with Crippen LogP contribution >= 0.6 is 38.5 Å². The molecule has 0 bridgehead atoms. The summed E-state index contributed by atoms with van der Waals surface area (Å²) in [6.07, 6.45) is 1.80. The van der Waals surface area contributed by atoms with Gasteiger partial charge in [0.15, 0.2) is 0 Å². The Morgan fingerprint density at radius 3 is 2.86 bits per heavy atom. The summed E-state index contributed by atoms with van der Waals surface area (Å²) in [5, 5.41) is 1.02. The van der Waals surface area contributed by atoms with Gasteiger partial charge in [0.2, 0.25) is 0 Å². The maximum absolute atomic E-state index is 5.99. The minimum absolute atomic E-state index is 0.806. The summed E-state index contributed by atoms with van der Waals surface area (Å²) >= 11 is 5.65. The zero-order chi connectivity index (χ0) is 10.3. The van der Waals surface area contributed by atoms with Gasteiger partial charge in [-0.1, -0.05) is 15.9 Å². The summed E-state index contributed by atoms with van der Waals surface area (Å²) in [6.45, 7) is 2.03. The standard InChI is InChI=1S/C10H8BrIN2/c1-5-2-6(11)3-7-9(13)8(12)4-14-10(5)7/h2-4H,1H3,(H2,13,14). The second-order valence-corrected chi connectivity index (χ2v) is 5.22. The molecule has 0 radical (unpaired) electrons. The van der Waals surface area contributed by atoms with Crippen LogP contribution in [0.4, 0.5) is 5.69 Å². The summed E-state index contributed by atoms with van der Waals surface area (Å²) < 4.78 is 2.03. The van der Waals surface area contributed by atoms with E-state index >= 15 is 0 Å². The first kappa shape index (κ1) is 10.2. The van der Waals surface area contributed by atoms with E-state index in [0.717, 1.165) is 30.2 Å². The highest BCUT2D eigenvalue weighted by molar-refractivity contribution is 14.1. The molecule has 0 unspecified atom stereocenters. The lowest BCUT2D eigenvalue weighted by atomic mass is 10.1. The van der Waals surface area contributed by atoms with Crippen molar-refractivity contribution in [3.8, 4) is 0 Å². The van der Waals surface area contributed by atoms with Crippen LogP contribution in [0.2, 0.25) is 0 Å². The van der Waals surface area contributed by atoms with E-state index in [2.05, 4.69) is 43.5 Å². The second-order valence-electron chi connectivity index (χ2n) is 3.14. The smallest absolute Gasteiger partial charge is 0.0753 e. The van der Waals surface area contributed by atoms with Crippen molar-refractivity contribution in [2.45, 2.75) is 6.92 Å². The summed E-state index contributed by atoms with van der Waals surface area (Å²) in [7, 11) is 0. The van der Waals surface area contributed by atoms with Crippen LogP contribution in [0.3, 0.4) is 0 Å². The number of anilines is 1. The molecule has 14 heavy (non-hydrogen) atoms. The molecular weight excluding hydrogens is 355 g/mol. The van der Waals surface area contributed by atoms with Gasteiger partial charge >= 0.3 is 0 Å². The first-order valence-corrected chi connectivity index (χ1v) is 5.96. The van der Waals surface area contributed by atoms with Crippen molar-refractivity contribution < 1.29 is 0 Å². The molecule has 1 heterocycles. The number of hydrogen-bond acceptors (Lipinski definition) is 2. The third-order valence-electron chi connectivity index (χ3n) is 2.12. The van der Waals surface area contributed by atoms with Crippen LogP contribution in [0.25, 0.3) is 10.9 Å². The number of nitrogen functional groups attached to an aromatic ring is 1. The molecule has 0 aliphatic rings. The molecule has 0 saturated heterocycles. The molecule has 1 aromatic carbocycles. The maximum Gasteiger partial charge on any atom is 0.0753 e. The Bertz CT molecular complexity index is 511. The van der Waals surface area contributed by atoms with Crippen LogP contribution in [0.15, 0.2) is 22.8 Å². The third-order valence-corrected chi connectivity index (χ3v) is 3.44. The van der Waals surface area contributed by atoms with Gasteiger partial charge < -0.3 is 5.73 Å². The molecule has 0 aliphatic heterocycles. The van der Waals surface area contributed by atoms with Gasteiger partial charge in [-0.15, -0.1) is 0 Å². The van der Waals surface area contributed by atoms with Crippen molar-refractivity contribution in [2.75, 3.05) is 5.73 Å². The molecule has 2 N–H and O–H groups in total. The zero-order valence-electron chi connectivity index (χ0n) is 7.51. The van der Waals surface area contributed by atoms with Crippen molar-refractivity contribution in [3.05, 3.63) is 31.9 Å². The quantitative estimate of drug-likeness (QED) is 0.728. The average molecular weight is 363 g/mol. The van der Waals surface area contributed by atoms with E-state index in [1.54, 1.807) is 6.20 Å². The SMILES string of the molecule is Cc1cc(Br)cc2c(N)c(I)cnc12. The Morgan fingerprint density at radius 1 is 1.43 bits per heavy atom. The molecular formula is C10H8BrIN2. The normalized spacial score (nSPS) is 10.8. The molecule has 2 aromatic rings.